The summed E-state index contributed by atoms with van der Waals surface area (Å²) in [6.45, 7) is 3.25. The Bertz CT molecular complexity index is 380. The molecule has 22 heavy (non-hydrogen) atoms. The highest BCUT2D eigenvalue weighted by atomic mass is 32.2. The first kappa shape index (κ1) is 16.6. The van der Waals surface area contributed by atoms with Crippen LogP contribution in [0.15, 0.2) is 0 Å². The van der Waals surface area contributed by atoms with Crippen molar-refractivity contribution in [3.05, 3.63) is 0 Å². The van der Waals surface area contributed by atoms with Crippen molar-refractivity contribution < 1.29 is 4.79 Å². The second-order valence-corrected chi connectivity index (χ2v) is 8.66. The third-order valence-electron chi connectivity index (χ3n) is 5.61. The summed E-state index contributed by atoms with van der Waals surface area (Å²) in [5.41, 5.74) is 0. The predicted molar refractivity (Wildman–Crippen MR) is 93.2 cm³/mol. The number of piperidine rings is 1. The van der Waals surface area contributed by atoms with Crippen molar-refractivity contribution in [1.82, 2.24) is 15.1 Å². The van der Waals surface area contributed by atoms with E-state index in [9.17, 15) is 4.79 Å². The minimum atomic E-state index is 0.296. The van der Waals surface area contributed by atoms with E-state index in [-0.39, 0.29) is 0 Å². The summed E-state index contributed by atoms with van der Waals surface area (Å²) in [5, 5.41) is 3.21. The van der Waals surface area contributed by atoms with Gasteiger partial charge < -0.3 is 10.2 Å². The van der Waals surface area contributed by atoms with Gasteiger partial charge in [-0.2, -0.15) is 11.8 Å². The molecule has 2 aliphatic heterocycles. The number of amides is 1. The van der Waals surface area contributed by atoms with Crippen molar-refractivity contribution in [1.29, 1.82) is 0 Å². The Kier molecular flexibility index (Phi) is 5.69. The molecule has 0 radical (unpaired) electrons. The molecular weight excluding hydrogens is 294 g/mol. The summed E-state index contributed by atoms with van der Waals surface area (Å²) in [5.74, 6) is 3.89. The molecule has 0 spiro atoms. The summed E-state index contributed by atoms with van der Waals surface area (Å²) in [7, 11) is 4.39. The summed E-state index contributed by atoms with van der Waals surface area (Å²) >= 11 is 2.11. The minimum Gasteiger partial charge on any atom is -0.356 e. The molecule has 3 rings (SSSR count). The van der Waals surface area contributed by atoms with Crippen LogP contribution in [0.3, 0.4) is 0 Å². The maximum atomic E-state index is 11.9. The third kappa shape index (κ3) is 4.18. The van der Waals surface area contributed by atoms with Gasteiger partial charge in [-0.3, -0.25) is 9.69 Å². The first-order valence-corrected chi connectivity index (χ1v) is 10.1. The van der Waals surface area contributed by atoms with Gasteiger partial charge in [-0.05, 0) is 70.2 Å². The number of thioether (sulfide) groups is 1. The van der Waals surface area contributed by atoms with Crippen LogP contribution in [0.2, 0.25) is 0 Å². The molecule has 5 heteroatoms. The van der Waals surface area contributed by atoms with E-state index in [2.05, 4.69) is 41.0 Å². The molecule has 126 valence electrons. The van der Waals surface area contributed by atoms with Crippen LogP contribution in [0.4, 0.5) is 0 Å². The van der Waals surface area contributed by atoms with E-state index in [1.807, 2.05) is 0 Å². The summed E-state index contributed by atoms with van der Waals surface area (Å²) in [4.78, 5) is 17.0. The van der Waals surface area contributed by atoms with Gasteiger partial charge in [0.1, 0.15) is 0 Å². The fourth-order valence-corrected chi connectivity index (χ4v) is 5.01. The predicted octanol–water partition coefficient (Wildman–Crippen LogP) is 1.66. The molecule has 2 saturated heterocycles. The lowest BCUT2D eigenvalue weighted by Gasteiger charge is -2.45. The highest BCUT2D eigenvalue weighted by Gasteiger charge is 2.35. The van der Waals surface area contributed by atoms with Crippen molar-refractivity contribution in [2.45, 2.75) is 44.2 Å². The minimum absolute atomic E-state index is 0.296. The number of carbonyl (C=O) groups excluding carboxylic acids is 1. The topological polar surface area (TPSA) is 35.6 Å². The molecule has 2 heterocycles. The third-order valence-corrected chi connectivity index (χ3v) is 6.66. The standard InChI is InChI=1S/C17H31N3OS/c1-19(2)16-12-20(15-6-9-22-10-7-15)8-5-14(16)11-18-17(21)13-3-4-13/h13-16H,3-12H2,1-2H3,(H,18,21)/t14-,16-/m1/s1. The molecule has 0 aromatic heterocycles. The fourth-order valence-electron chi connectivity index (χ4n) is 3.93. The van der Waals surface area contributed by atoms with Crippen molar-refractivity contribution >= 4 is 17.7 Å². The molecule has 2 atom stereocenters. The molecular formula is C17H31N3OS. The lowest BCUT2D eigenvalue weighted by Crippen LogP contribution is -2.56. The zero-order chi connectivity index (χ0) is 15.5. The molecule has 1 amide bonds. The monoisotopic (exact) mass is 325 g/mol. The van der Waals surface area contributed by atoms with Crippen LogP contribution in [0, 0.1) is 11.8 Å². The van der Waals surface area contributed by atoms with Crippen LogP contribution < -0.4 is 5.32 Å². The van der Waals surface area contributed by atoms with Gasteiger partial charge in [0.2, 0.25) is 5.91 Å². The van der Waals surface area contributed by atoms with E-state index in [0.29, 0.717) is 23.8 Å². The lowest BCUT2D eigenvalue weighted by atomic mass is 9.89. The average Bonchev–Trinajstić information content (AvgIpc) is 3.38. The van der Waals surface area contributed by atoms with E-state index in [1.54, 1.807) is 0 Å². The summed E-state index contributed by atoms with van der Waals surface area (Å²) < 4.78 is 0. The van der Waals surface area contributed by atoms with Gasteiger partial charge in [0.25, 0.3) is 0 Å². The van der Waals surface area contributed by atoms with E-state index >= 15 is 0 Å². The molecule has 0 unspecified atom stereocenters. The van der Waals surface area contributed by atoms with Gasteiger partial charge in [-0.15, -0.1) is 0 Å². The van der Waals surface area contributed by atoms with Crippen LogP contribution in [-0.4, -0.2) is 73.0 Å². The van der Waals surface area contributed by atoms with Gasteiger partial charge in [-0.1, -0.05) is 0 Å². The molecule has 1 N–H and O–H groups in total. The molecule has 0 aromatic carbocycles. The Labute approximate surface area is 139 Å². The lowest BCUT2D eigenvalue weighted by molar-refractivity contribution is -0.122. The first-order valence-electron chi connectivity index (χ1n) is 8.91. The highest BCUT2D eigenvalue weighted by molar-refractivity contribution is 7.99. The zero-order valence-corrected chi connectivity index (χ0v) is 14.9. The van der Waals surface area contributed by atoms with Gasteiger partial charge in [0.05, 0.1) is 0 Å². The van der Waals surface area contributed by atoms with Crippen LogP contribution in [0.1, 0.15) is 32.1 Å². The van der Waals surface area contributed by atoms with Crippen LogP contribution in [0.25, 0.3) is 0 Å². The number of carbonyl (C=O) groups is 1. The molecule has 3 aliphatic rings. The number of rotatable bonds is 5. The number of nitrogens with one attached hydrogen (secondary N) is 1. The molecule has 1 saturated carbocycles. The Hall–Kier alpha value is -0.260. The van der Waals surface area contributed by atoms with Crippen LogP contribution >= 0.6 is 11.8 Å². The molecule has 4 nitrogen and oxygen atoms in total. The van der Waals surface area contributed by atoms with E-state index in [0.717, 1.165) is 25.4 Å². The van der Waals surface area contributed by atoms with Crippen LogP contribution in [0.5, 0.6) is 0 Å². The summed E-state index contributed by atoms with van der Waals surface area (Å²) in [6.07, 6.45) is 6.13. The number of likely N-dealkylation sites (tertiary alicyclic amines) is 1. The summed E-state index contributed by atoms with van der Waals surface area (Å²) in [6, 6.07) is 1.37. The normalized spacial score (nSPS) is 31.4. The van der Waals surface area contributed by atoms with E-state index < -0.39 is 0 Å². The number of hydrogen-bond donors (Lipinski definition) is 1. The second kappa shape index (κ2) is 7.54. The molecule has 0 bridgehead atoms. The Morgan fingerprint density at radius 2 is 1.91 bits per heavy atom. The average molecular weight is 326 g/mol. The fraction of sp³-hybridized carbons (Fsp3) is 0.941. The first-order chi connectivity index (χ1) is 10.6. The zero-order valence-electron chi connectivity index (χ0n) is 14.1. The van der Waals surface area contributed by atoms with Gasteiger partial charge in [0, 0.05) is 31.1 Å². The van der Waals surface area contributed by atoms with E-state index in [4.69, 9.17) is 0 Å². The molecule has 3 fully saturated rings. The largest absolute Gasteiger partial charge is 0.356 e. The Balaban J connectivity index is 1.52. The van der Waals surface area contributed by atoms with Crippen molar-refractivity contribution in [2.24, 2.45) is 11.8 Å². The number of nitrogens with zero attached hydrogens (tertiary/aromatic N) is 2. The highest BCUT2D eigenvalue weighted by Crippen LogP contribution is 2.30. The maximum absolute atomic E-state index is 11.9. The smallest absolute Gasteiger partial charge is 0.223 e. The molecule has 0 aromatic rings. The van der Waals surface area contributed by atoms with Crippen LogP contribution in [-0.2, 0) is 4.79 Å². The Morgan fingerprint density at radius 1 is 1.18 bits per heavy atom. The van der Waals surface area contributed by atoms with Crippen molar-refractivity contribution in [3.8, 4) is 0 Å². The Morgan fingerprint density at radius 3 is 2.55 bits per heavy atom. The number of likely N-dealkylation sites (N-methyl/N-ethyl adjacent to an activating group) is 1. The van der Waals surface area contributed by atoms with Gasteiger partial charge in [-0.25, -0.2) is 0 Å². The quantitative estimate of drug-likeness (QED) is 0.834. The maximum Gasteiger partial charge on any atom is 0.223 e. The molecule has 1 aliphatic carbocycles. The van der Waals surface area contributed by atoms with E-state index in [1.165, 1.54) is 43.9 Å². The second-order valence-electron chi connectivity index (χ2n) is 7.44. The SMILES string of the molecule is CN(C)[C@@H]1CN(C2CCSCC2)CC[C@@H]1CNC(=O)C1CC1. The van der Waals surface area contributed by atoms with Crippen molar-refractivity contribution in [3.63, 3.8) is 0 Å². The number of hydrogen-bond acceptors (Lipinski definition) is 4. The van der Waals surface area contributed by atoms with Gasteiger partial charge in [0.15, 0.2) is 0 Å². The van der Waals surface area contributed by atoms with Crippen molar-refractivity contribution in [2.75, 3.05) is 45.2 Å². The van der Waals surface area contributed by atoms with Gasteiger partial charge >= 0.3 is 0 Å².